The molecule has 1 heterocycles. The average molecular weight is 211 g/mol. The third-order valence-electron chi connectivity index (χ3n) is 1.13. The van der Waals surface area contributed by atoms with Gasteiger partial charge in [0.2, 0.25) is 0 Å². The summed E-state index contributed by atoms with van der Waals surface area (Å²) in [6.45, 7) is 0. The van der Waals surface area contributed by atoms with E-state index in [2.05, 4.69) is 16.6 Å². The first-order chi connectivity index (χ1) is 5.54. The summed E-state index contributed by atoms with van der Waals surface area (Å²) < 4.78 is 35.8. The second-order valence-electron chi connectivity index (χ2n) is 1.97. The Labute approximate surface area is 76.2 Å². The van der Waals surface area contributed by atoms with Crippen molar-refractivity contribution in [2.75, 3.05) is 0 Å². The van der Waals surface area contributed by atoms with Crippen molar-refractivity contribution in [1.29, 1.82) is 0 Å². The van der Waals surface area contributed by atoms with Crippen LogP contribution in [0.3, 0.4) is 0 Å². The van der Waals surface area contributed by atoms with Gasteiger partial charge in [-0.15, -0.1) is 11.7 Å². The lowest BCUT2D eigenvalue weighted by molar-refractivity contribution is -0.141. The molecule has 1 nitrogen and oxygen atoms in total. The fourth-order valence-corrected chi connectivity index (χ4v) is 1.15. The molecule has 6 heteroatoms. The van der Waals surface area contributed by atoms with Crippen molar-refractivity contribution in [3.05, 3.63) is 24.0 Å². The maximum absolute atomic E-state index is 11.9. The topological polar surface area (TPSA) is 12.9 Å². The lowest BCUT2D eigenvalue weighted by Gasteiger charge is -2.04. The molecule has 0 atom stereocenters. The first-order valence-electron chi connectivity index (χ1n) is 2.88. The quantitative estimate of drug-likeness (QED) is 0.566. The lowest BCUT2D eigenvalue weighted by atomic mass is 10.3. The van der Waals surface area contributed by atoms with Crippen LogP contribution in [0.25, 0.3) is 0 Å². The van der Waals surface area contributed by atoms with Crippen LogP contribution < -0.4 is 0 Å². The van der Waals surface area contributed by atoms with E-state index in [4.69, 9.17) is 0 Å². The highest BCUT2D eigenvalue weighted by molar-refractivity contribution is 8.68. The molecule has 66 valence electrons. The van der Waals surface area contributed by atoms with Crippen LogP contribution in [-0.2, 0) is 6.18 Å². The summed E-state index contributed by atoms with van der Waals surface area (Å²) in [4.78, 5) is 3.82. The third-order valence-corrected chi connectivity index (χ3v) is 2.22. The molecule has 0 unspecified atom stereocenters. The highest BCUT2D eigenvalue weighted by atomic mass is 33.1. The molecular formula is C6H4F3NS2. The Morgan fingerprint density at radius 3 is 2.33 bits per heavy atom. The molecule has 0 bridgehead atoms. The predicted molar refractivity (Wildman–Crippen MR) is 44.1 cm³/mol. The minimum Gasteiger partial charge on any atom is -0.251 e. The van der Waals surface area contributed by atoms with E-state index in [0.29, 0.717) is 4.90 Å². The summed E-state index contributed by atoms with van der Waals surface area (Å²) in [5.41, 5.74) is -0.881. The van der Waals surface area contributed by atoms with Gasteiger partial charge in [0.15, 0.2) is 0 Å². The molecule has 0 saturated heterocycles. The molecule has 0 radical (unpaired) electrons. The average Bonchev–Trinajstić information content (AvgIpc) is 2.03. The van der Waals surface area contributed by atoms with E-state index in [1.807, 2.05) is 0 Å². The number of hydrogen-bond donors (Lipinski definition) is 1. The van der Waals surface area contributed by atoms with Gasteiger partial charge in [-0.2, -0.15) is 13.2 Å². The smallest absolute Gasteiger partial charge is 0.251 e. The molecule has 0 saturated carbocycles. The van der Waals surface area contributed by atoms with Gasteiger partial charge in [0.1, 0.15) is 5.69 Å². The second kappa shape index (κ2) is 3.57. The van der Waals surface area contributed by atoms with Crippen LogP contribution in [-0.4, -0.2) is 4.98 Å². The van der Waals surface area contributed by atoms with E-state index in [0.717, 1.165) is 23.1 Å². The van der Waals surface area contributed by atoms with Crippen molar-refractivity contribution in [2.24, 2.45) is 0 Å². The molecule has 0 amide bonds. The predicted octanol–water partition coefficient (Wildman–Crippen LogP) is 3.04. The number of halogens is 3. The third kappa shape index (κ3) is 2.31. The van der Waals surface area contributed by atoms with Crippen molar-refractivity contribution >= 4 is 22.5 Å². The fourth-order valence-electron chi connectivity index (χ4n) is 0.602. The molecule has 0 N–H and O–H groups in total. The zero-order valence-corrected chi connectivity index (χ0v) is 7.38. The Bertz CT molecular complexity index is 256. The van der Waals surface area contributed by atoms with Crippen LogP contribution in [0.4, 0.5) is 13.2 Å². The highest BCUT2D eigenvalue weighted by Crippen LogP contribution is 2.29. The number of hydrogen-bond acceptors (Lipinski definition) is 3. The number of rotatable bonds is 1. The van der Waals surface area contributed by atoms with E-state index in [1.54, 1.807) is 0 Å². The standard InChI is InChI=1S/C6H4F3NS2/c7-6(8,9)5-2-1-4(12-11)3-10-5/h1-3,11H. The minimum atomic E-state index is -4.36. The Morgan fingerprint density at radius 1 is 1.33 bits per heavy atom. The Balaban J connectivity index is 2.93. The van der Waals surface area contributed by atoms with Crippen LogP contribution in [0, 0.1) is 0 Å². The van der Waals surface area contributed by atoms with Crippen LogP contribution in [0.5, 0.6) is 0 Å². The summed E-state index contributed by atoms with van der Waals surface area (Å²) in [6, 6.07) is 2.26. The monoisotopic (exact) mass is 211 g/mol. The van der Waals surface area contributed by atoms with E-state index in [1.165, 1.54) is 6.07 Å². The van der Waals surface area contributed by atoms with Crippen LogP contribution in [0.2, 0.25) is 0 Å². The number of pyridine rings is 1. The van der Waals surface area contributed by atoms with E-state index >= 15 is 0 Å². The number of nitrogens with zero attached hydrogens (tertiary/aromatic N) is 1. The summed E-state index contributed by atoms with van der Waals surface area (Å²) in [5, 5.41) is 0. The highest BCUT2D eigenvalue weighted by Gasteiger charge is 2.31. The number of aromatic nitrogens is 1. The SMILES string of the molecule is FC(F)(F)c1ccc(SS)cn1. The Hall–Kier alpha value is -0.360. The zero-order valence-electron chi connectivity index (χ0n) is 5.67. The summed E-state index contributed by atoms with van der Waals surface area (Å²) in [7, 11) is 1.05. The molecule has 1 aromatic heterocycles. The van der Waals surface area contributed by atoms with Crippen LogP contribution in [0.1, 0.15) is 5.69 Å². The summed E-state index contributed by atoms with van der Waals surface area (Å²) >= 11 is 3.81. The Kier molecular flexibility index (Phi) is 2.89. The zero-order chi connectivity index (χ0) is 9.19. The normalized spacial score (nSPS) is 11.7. The molecule has 0 fully saturated rings. The molecule has 12 heavy (non-hydrogen) atoms. The molecule has 1 aromatic rings. The summed E-state index contributed by atoms with van der Waals surface area (Å²) in [5.74, 6) is 0. The van der Waals surface area contributed by atoms with Crippen LogP contribution >= 0.6 is 22.5 Å². The second-order valence-corrected chi connectivity index (χ2v) is 3.17. The van der Waals surface area contributed by atoms with Gasteiger partial charge in [0, 0.05) is 11.1 Å². The molecular weight excluding hydrogens is 207 g/mol. The number of thiol groups is 1. The van der Waals surface area contributed by atoms with Gasteiger partial charge < -0.3 is 0 Å². The maximum atomic E-state index is 11.9. The van der Waals surface area contributed by atoms with E-state index in [-0.39, 0.29) is 0 Å². The van der Waals surface area contributed by atoms with Gasteiger partial charge in [0.05, 0.1) is 0 Å². The van der Waals surface area contributed by atoms with Crippen molar-refractivity contribution in [1.82, 2.24) is 4.98 Å². The van der Waals surface area contributed by atoms with Crippen molar-refractivity contribution in [2.45, 2.75) is 11.1 Å². The van der Waals surface area contributed by atoms with Gasteiger partial charge in [-0.05, 0) is 12.1 Å². The Morgan fingerprint density at radius 2 is 2.00 bits per heavy atom. The lowest BCUT2D eigenvalue weighted by Crippen LogP contribution is -2.06. The van der Waals surface area contributed by atoms with Crippen LogP contribution in [0.15, 0.2) is 23.2 Å². The van der Waals surface area contributed by atoms with Gasteiger partial charge >= 0.3 is 6.18 Å². The van der Waals surface area contributed by atoms with E-state index in [9.17, 15) is 13.2 Å². The van der Waals surface area contributed by atoms with Crippen molar-refractivity contribution < 1.29 is 13.2 Å². The largest absolute Gasteiger partial charge is 0.433 e. The molecule has 0 aliphatic rings. The van der Waals surface area contributed by atoms with Gasteiger partial charge in [-0.1, -0.05) is 10.8 Å². The molecule has 0 spiro atoms. The van der Waals surface area contributed by atoms with E-state index < -0.39 is 11.9 Å². The van der Waals surface area contributed by atoms with Crippen molar-refractivity contribution in [3.63, 3.8) is 0 Å². The maximum Gasteiger partial charge on any atom is 0.433 e. The fraction of sp³-hybridized carbons (Fsp3) is 0.167. The summed E-state index contributed by atoms with van der Waals surface area (Å²) in [6.07, 6.45) is -3.22. The molecule has 0 aliphatic heterocycles. The molecule has 0 aromatic carbocycles. The van der Waals surface area contributed by atoms with Gasteiger partial charge in [-0.3, -0.25) is 4.98 Å². The molecule has 1 rings (SSSR count). The number of alkyl halides is 3. The minimum absolute atomic E-state index is 0.589. The molecule has 0 aliphatic carbocycles. The first kappa shape index (κ1) is 9.73. The van der Waals surface area contributed by atoms with Crippen molar-refractivity contribution in [3.8, 4) is 0 Å². The van der Waals surface area contributed by atoms with Gasteiger partial charge in [-0.25, -0.2) is 0 Å². The first-order valence-corrected chi connectivity index (χ1v) is 4.75. The van der Waals surface area contributed by atoms with Gasteiger partial charge in [0.25, 0.3) is 0 Å².